The van der Waals surface area contributed by atoms with Crippen LogP contribution in [-0.4, -0.2) is 21.1 Å². The molecule has 0 saturated heterocycles. The Morgan fingerprint density at radius 1 is 0.962 bits per heavy atom. The number of rotatable bonds is 5. The van der Waals surface area contributed by atoms with Crippen LogP contribution in [0.25, 0.3) is 10.8 Å². The van der Waals surface area contributed by atoms with Crippen molar-refractivity contribution in [2.24, 2.45) is 5.10 Å². The molecule has 128 valence electrons. The molecule has 0 bridgehead atoms. The van der Waals surface area contributed by atoms with Crippen molar-refractivity contribution in [2.45, 2.75) is 6.61 Å². The Morgan fingerprint density at radius 2 is 1.73 bits per heavy atom. The van der Waals surface area contributed by atoms with Gasteiger partial charge < -0.3 is 4.74 Å². The molecular formula is C20H15FN4O. The molecule has 0 radical (unpaired) electrons. The standard InChI is InChI=1S/C20H15FN4O/c21-19-8-4-2-6-16(19)12-26-20-10-9-15-5-1-3-7-17(15)18(20)11-24-25-13-22-23-14-25/h1-11,13-14H,12H2/b24-11-. The Morgan fingerprint density at radius 3 is 2.58 bits per heavy atom. The van der Waals surface area contributed by atoms with Crippen LogP contribution in [0.2, 0.25) is 0 Å². The SMILES string of the molecule is Fc1ccccc1COc1ccc2ccccc2c1/C=N\n1cnnc1. The van der Waals surface area contributed by atoms with Gasteiger partial charge in [0.05, 0.1) is 6.21 Å². The van der Waals surface area contributed by atoms with E-state index in [4.69, 9.17) is 4.74 Å². The van der Waals surface area contributed by atoms with Crippen molar-refractivity contribution in [3.8, 4) is 5.75 Å². The lowest BCUT2D eigenvalue weighted by molar-refractivity contribution is 0.300. The van der Waals surface area contributed by atoms with E-state index in [0.717, 1.165) is 16.3 Å². The van der Waals surface area contributed by atoms with Gasteiger partial charge >= 0.3 is 0 Å². The molecular weight excluding hydrogens is 331 g/mol. The van der Waals surface area contributed by atoms with Crippen LogP contribution in [0.15, 0.2) is 78.4 Å². The third-order valence-electron chi connectivity index (χ3n) is 4.00. The molecule has 0 atom stereocenters. The summed E-state index contributed by atoms with van der Waals surface area (Å²) in [5, 5.41) is 13.9. The number of halogens is 1. The van der Waals surface area contributed by atoms with Crippen LogP contribution in [0.4, 0.5) is 4.39 Å². The van der Waals surface area contributed by atoms with Gasteiger partial charge in [-0.2, -0.15) is 5.10 Å². The molecule has 0 fully saturated rings. The summed E-state index contributed by atoms with van der Waals surface area (Å²) in [4.78, 5) is 0. The highest BCUT2D eigenvalue weighted by atomic mass is 19.1. The Balaban J connectivity index is 1.71. The van der Waals surface area contributed by atoms with Crippen molar-refractivity contribution in [3.05, 3.63) is 90.3 Å². The highest BCUT2D eigenvalue weighted by Gasteiger charge is 2.09. The molecule has 0 N–H and O–H groups in total. The van der Waals surface area contributed by atoms with Gasteiger partial charge in [-0.15, -0.1) is 10.2 Å². The van der Waals surface area contributed by atoms with Crippen LogP contribution < -0.4 is 4.74 Å². The molecule has 1 aromatic heterocycles. The summed E-state index contributed by atoms with van der Waals surface area (Å²) in [7, 11) is 0. The second kappa shape index (κ2) is 7.14. The monoisotopic (exact) mass is 346 g/mol. The summed E-state index contributed by atoms with van der Waals surface area (Å²) in [6.45, 7) is 0.137. The third kappa shape index (κ3) is 3.30. The smallest absolute Gasteiger partial charge is 0.141 e. The third-order valence-corrected chi connectivity index (χ3v) is 4.00. The average molecular weight is 346 g/mol. The molecule has 26 heavy (non-hydrogen) atoms. The Labute approximate surface area is 149 Å². The zero-order valence-corrected chi connectivity index (χ0v) is 13.8. The zero-order valence-electron chi connectivity index (χ0n) is 13.8. The molecule has 0 saturated carbocycles. The van der Waals surface area contributed by atoms with E-state index in [0.29, 0.717) is 11.3 Å². The molecule has 0 spiro atoms. The first kappa shape index (κ1) is 16.0. The van der Waals surface area contributed by atoms with Crippen LogP contribution in [0.3, 0.4) is 0 Å². The first-order valence-electron chi connectivity index (χ1n) is 8.08. The molecule has 0 aliphatic rings. The minimum atomic E-state index is -0.284. The minimum Gasteiger partial charge on any atom is -0.488 e. The van der Waals surface area contributed by atoms with Gasteiger partial charge in [-0.1, -0.05) is 48.5 Å². The first-order chi connectivity index (χ1) is 12.8. The summed E-state index contributed by atoms with van der Waals surface area (Å²) < 4.78 is 21.3. The fraction of sp³-hybridized carbons (Fsp3) is 0.0500. The van der Waals surface area contributed by atoms with E-state index in [9.17, 15) is 4.39 Å². The molecule has 4 rings (SSSR count). The molecule has 4 aromatic rings. The first-order valence-corrected chi connectivity index (χ1v) is 8.08. The van der Waals surface area contributed by atoms with E-state index in [-0.39, 0.29) is 12.4 Å². The number of benzene rings is 3. The molecule has 3 aromatic carbocycles. The van der Waals surface area contributed by atoms with E-state index in [2.05, 4.69) is 15.3 Å². The van der Waals surface area contributed by atoms with Crippen molar-refractivity contribution >= 4 is 17.0 Å². The van der Waals surface area contributed by atoms with Gasteiger partial charge in [0, 0.05) is 11.1 Å². The van der Waals surface area contributed by atoms with Gasteiger partial charge in [0.25, 0.3) is 0 Å². The van der Waals surface area contributed by atoms with Gasteiger partial charge in [-0.3, -0.25) is 0 Å². The van der Waals surface area contributed by atoms with Crippen molar-refractivity contribution < 1.29 is 9.13 Å². The fourth-order valence-electron chi connectivity index (χ4n) is 2.68. The number of hydrogen-bond acceptors (Lipinski definition) is 4. The predicted octanol–water partition coefficient (Wildman–Crippen LogP) is 4.03. The maximum Gasteiger partial charge on any atom is 0.141 e. The van der Waals surface area contributed by atoms with E-state index in [1.165, 1.54) is 23.4 Å². The van der Waals surface area contributed by atoms with Crippen molar-refractivity contribution in [3.63, 3.8) is 0 Å². The van der Waals surface area contributed by atoms with E-state index in [1.807, 2.05) is 36.4 Å². The van der Waals surface area contributed by atoms with E-state index in [1.54, 1.807) is 24.4 Å². The van der Waals surface area contributed by atoms with E-state index >= 15 is 0 Å². The molecule has 0 aliphatic carbocycles. The summed E-state index contributed by atoms with van der Waals surface area (Å²) in [5.74, 6) is 0.344. The summed E-state index contributed by atoms with van der Waals surface area (Å²) in [6, 6.07) is 18.4. The number of aromatic nitrogens is 3. The Bertz CT molecular complexity index is 1060. The topological polar surface area (TPSA) is 52.3 Å². The molecule has 0 amide bonds. The average Bonchev–Trinajstić information content (AvgIpc) is 3.19. The Hall–Kier alpha value is -3.54. The molecule has 0 unspecified atom stereocenters. The maximum absolute atomic E-state index is 13.9. The largest absolute Gasteiger partial charge is 0.488 e. The molecule has 6 heteroatoms. The second-order valence-electron chi connectivity index (χ2n) is 5.67. The molecule has 0 aliphatic heterocycles. The van der Waals surface area contributed by atoms with Crippen LogP contribution in [0.5, 0.6) is 5.75 Å². The van der Waals surface area contributed by atoms with E-state index < -0.39 is 0 Å². The van der Waals surface area contributed by atoms with Gasteiger partial charge in [0.2, 0.25) is 0 Å². The normalized spacial score (nSPS) is 11.3. The molecule has 5 nitrogen and oxygen atoms in total. The molecule has 1 heterocycles. The van der Waals surface area contributed by atoms with Gasteiger partial charge in [-0.25, -0.2) is 9.07 Å². The predicted molar refractivity (Wildman–Crippen MR) is 97.7 cm³/mol. The van der Waals surface area contributed by atoms with Crippen LogP contribution in [-0.2, 0) is 6.61 Å². The summed E-state index contributed by atoms with van der Waals surface area (Å²) >= 11 is 0. The number of ether oxygens (including phenoxy) is 1. The summed E-state index contributed by atoms with van der Waals surface area (Å²) in [5.41, 5.74) is 1.32. The van der Waals surface area contributed by atoms with Crippen molar-refractivity contribution in [1.82, 2.24) is 14.9 Å². The quantitative estimate of drug-likeness (QED) is 0.513. The zero-order chi connectivity index (χ0) is 17.8. The lowest BCUT2D eigenvalue weighted by atomic mass is 10.0. The van der Waals surface area contributed by atoms with Crippen LogP contribution in [0.1, 0.15) is 11.1 Å². The van der Waals surface area contributed by atoms with Crippen LogP contribution in [0, 0.1) is 5.82 Å². The number of fused-ring (bicyclic) bond motifs is 1. The Kier molecular flexibility index (Phi) is 4.38. The van der Waals surface area contributed by atoms with Crippen molar-refractivity contribution in [2.75, 3.05) is 0 Å². The lowest BCUT2D eigenvalue weighted by Gasteiger charge is -2.12. The second-order valence-corrected chi connectivity index (χ2v) is 5.67. The van der Waals surface area contributed by atoms with Crippen LogP contribution >= 0.6 is 0 Å². The van der Waals surface area contributed by atoms with Crippen molar-refractivity contribution in [1.29, 1.82) is 0 Å². The van der Waals surface area contributed by atoms with Gasteiger partial charge in [-0.05, 0) is 22.9 Å². The highest BCUT2D eigenvalue weighted by molar-refractivity contribution is 6.02. The highest BCUT2D eigenvalue weighted by Crippen LogP contribution is 2.27. The number of hydrogen-bond donors (Lipinski definition) is 0. The summed E-state index contributed by atoms with van der Waals surface area (Å²) in [6.07, 6.45) is 4.70. The van der Waals surface area contributed by atoms with Gasteiger partial charge in [0.15, 0.2) is 0 Å². The lowest BCUT2D eigenvalue weighted by Crippen LogP contribution is -2.01. The maximum atomic E-state index is 13.9. The fourth-order valence-corrected chi connectivity index (χ4v) is 2.68. The minimum absolute atomic E-state index is 0.137. The number of nitrogens with zero attached hydrogens (tertiary/aromatic N) is 4. The van der Waals surface area contributed by atoms with Gasteiger partial charge in [0.1, 0.15) is 30.8 Å².